The SMILES string of the molecule is CC1(C)CN(C(=O)C2CC2c2ccccc2Cl)CC2(CNC2)O1. The van der Waals surface area contributed by atoms with E-state index in [4.69, 9.17) is 16.3 Å². The second-order valence-electron chi connectivity index (χ2n) is 7.81. The maximum Gasteiger partial charge on any atom is 0.226 e. The Bertz CT molecular complexity index is 642. The number of ether oxygens (including phenoxy) is 1. The van der Waals surface area contributed by atoms with Crippen LogP contribution in [0.4, 0.5) is 0 Å². The maximum absolute atomic E-state index is 13.0. The number of morpholine rings is 1. The fraction of sp³-hybridized carbons (Fsp3) is 0.611. The van der Waals surface area contributed by atoms with Crippen LogP contribution in [0.1, 0.15) is 31.7 Å². The largest absolute Gasteiger partial charge is 0.363 e. The van der Waals surface area contributed by atoms with Crippen molar-refractivity contribution in [2.24, 2.45) is 5.92 Å². The second kappa shape index (κ2) is 5.20. The summed E-state index contributed by atoms with van der Waals surface area (Å²) in [7, 11) is 0. The molecule has 4 nitrogen and oxygen atoms in total. The zero-order chi connectivity index (χ0) is 16.2. The molecule has 3 aliphatic rings. The summed E-state index contributed by atoms with van der Waals surface area (Å²) in [5, 5.41) is 4.05. The fourth-order valence-corrected chi connectivity index (χ4v) is 4.36. The molecule has 2 aliphatic heterocycles. The first kappa shape index (κ1) is 15.4. The van der Waals surface area contributed by atoms with E-state index in [-0.39, 0.29) is 28.9 Å². The predicted octanol–water partition coefficient (Wildman–Crippen LogP) is 2.42. The van der Waals surface area contributed by atoms with Gasteiger partial charge in [-0.1, -0.05) is 29.8 Å². The van der Waals surface area contributed by atoms with Crippen LogP contribution in [-0.4, -0.2) is 48.2 Å². The van der Waals surface area contributed by atoms with Gasteiger partial charge in [-0.3, -0.25) is 4.79 Å². The lowest BCUT2D eigenvalue weighted by atomic mass is 9.90. The number of nitrogens with zero attached hydrogens (tertiary/aromatic N) is 1. The third-order valence-corrected chi connectivity index (χ3v) is 5.51. The molecule has 0 radical (unpaired) electrons. The van der Waals surface area contributed by atoms with Gasteiger partial charge in [0.2, 0.25) is 5.91 Å². The Kier molecular flexibility index (Phi) is 3.49. The highest BCUT2D eigenvalue weighted by Gasteiger charge is 2.53. The van der Waals surface area contributed by atoms with Crippen LogP contribution < -0.4 is 5.32 Å². The van der Waals surface area contributed by atoms with Crippen molar-refractivity contribution < 1.29 is 9.53 Å². The van der Waals surface area contributed by atoms with Gasteiger partial charge in [0.25, 0.3) is 0 Å². The molecule has 0 bridgehead atoms. The van der Waals surface area contributed by atoms with Crippen molar-refractivity contribution in [3.8, 4) is 0 Å². The van der Waals surface area contributed by atoms with Gasteiger partial charge in [-0.15, -0.1) is 0 Å². The molecule has 1 saturated carbocycles. The molecule has 1 N–H and O–H groups in total. The summed E-state index contributed by atoms with van der Waals surface area (Å²) in [5.74, 6) is 0.615. The highest BCUT2D eigenvalue weighted by Crippen LogP contribution is 2.51. The minimum absolute atomic E-state index is 0.0777. The summed E-state index contributed by atoms with van der Waals surface area (Å²) < 4.78 is 6.23. The second-order valence-corrected chi connectivity index (χ2v) is 8.22. The Hall–Kier alpha value is -1.10. The highest BCUT2D eigenvalue weighted by atomic mass is 35.5. The molecule has 3 fully saturated rings. The van der Waals surface area contributed by atoms with E-state index in [0.717, 1.165) is 30.1 Å². The standard InChI is InChI=1S/C18H23ClN2O2/c1-17(2)10-21(11-18(23-17)8-20-9-18)16(22)14-7-13(14)12-5-3-4-6-15(12)19/h3-6,13-14,20H,7-11H2,1-2H3. The first-order chi connectivity index (χ1) is 10.9. The van der Waals surface area contributed by atoms with Crippen LogP contribution in [0.15, 0.2) is 24.3 Å². The van der Waals surface area contributed by atoms with Gasteiger partial charge in [0, 0.05) is 30.6 Å². The van der Waals surface area contributed by atoms with Crippen LogP contribution in [0.5, 0.6) is 0 Å². The molecule has 2 atom stereocenters. The molecule has 1 aliphatic carbocycles. The minimum atomic E-state index is -0.287. The van der Waals surface area contributed by atoms with Crippen molar-refractivity contribution in [3.05, 3.63) is 34.9 Å². The summed E-state index contributed by atoms with van der Waals surface area (Å²) >= 11 is 6.28. The quantitative estimate of drug-likeness (QED) is 0.903. The molecule has 2 unspecified atom stereocenters. The van der Waals surface area contributed by atoms with E-state index in [1.165, 1.54) is 0 Å². The molecule has 1 aromatic rings. The number of carbonyl (C=O) groups excluding carboxylic acids is 1. The summed E-state index contributed by atoms with van der Waals surface area (Å²) in [6, 6.07) is 7.88. The van der Waals surface area contributed by atoms with Gasteiger partial charge in [0.1, 0.15) is 5.60 Å². The number of rotatable bonds is 2. The lowest BCUT2D eigenvalue weighted by molar-refractivity contribution is -0.216. The number of benzene rings is 1. The number of amides is 1. The van der Waals surface area contributed by atoms with Crippen LogP contribution in [-0.2, 0) is 9.53 Å². The van der Waals surface area contributed by atoms with Gasteiger partial charge in [-0.2, -0.15) is 0 Å². The van der Waals surface area contributed by atoms with E-state index >= 15 is 0 Å². The minimum Gasteiger partial charge on any atom is -0.363 e. The average Bonchev–Trinajstić information content (AvgIpc) is 3.24. The monoisotopic (exact) mass is 334 g/mol. The summed E-state index contributed by atoms with van der Waals surface area (Å²) in [5.41, 5.74) is 0.636. The molecule has 1 aromatic carbocycles. The summed E-state index contributed by atoms with van der Waals surface area (Å²) in [4.78, 5) is 15.0. The number of halogens is 1. The first-order valence-electron chi connectivity index (χ1n) is 8.33. The number of hydrogen-bond donors (Lipinski definition) is 1. The zero-order valence-corrected chi connectivity index (χ0v) is 14.4. The van der Waals surface area contributed by atoms with Gasteiger partial charge in [-0.25, -0.2) is 0 Å². The van der Waals surface area contributed by atoms with Crippen LogP contribution in [0, 0.1) is 5.92 Å². The van der Waals surface area contributed by atoms with Crippen molar-refractivity contribution in [2.45, 2.75) is 37.4 Å². The van der Waals surface area contributed by atoms with E-state index in [0.29, 0.717) is 13.1 Å². The van der Waals surface area contributed by atoms with E-state index in [9.17, 15) is 4.79 Å². The summed E-state index contributed by atoms with van der Waals surface area (Å²) in [6.07, 6.45) is 0.908. The van der Waals surface area contributed by atoms with Crippen molar-refractivity contribution in [2.75, 3.05) is 26.2 Å². The first-order valence-corrected chi connectivity index (χ1v) is 8.71. The van der Waals surface area contributed by atoms with Crippen LogP contribution in [0.25, 0.3) is 0 Å². The Morgan fingerprint density at radius 1 is 1.30 bits per heavy atom. The van der Waals surface area contributed by atoms with Crippen molar-refractivity contribution >= 4 is 17.5 Å². The topological polar surface area (TPSA) is 41.6 Å². The molecule has 1 amide bonds. The third kappa shape index (κ3) is 2.77. The van der Waals surface area contributed by atoms with Gasteiger partial charge in [0.15, 0.2) is 0 Å². The van der Waals surface area contributed by atoms with Crippen LogP contribution in [0.3, 0.4) is 0 Å². The third-order valence-electron chi connectivity index (χ3n) is 5.16. The van der Waals surface area contributed by atoms with Gasteiger partial charge in [0.05, 0.1) is 12.1 Å². The molecule has 2 heterocycles. The van der Waals surface area contributed by atoms with Crippen LogP contribution >= 0.6 is 11.6 Å². The maximum atomic E-state index is 13.0. The lowest BCUT2D eigenvalue weighted by Crippen LogP contribution is -2.73. The zero-order valence-electron chi connectivity index (χ0n) is 13.6. The number of carbonyl (C=O) groups is 1. The molecular formula is C18H23ClN2O2. The molecule has 23 heavy (non-hydrogen) atoms. The molecule has 4 rings (SSSR count). The van der Waals surface area contributed by atoms with Crippen molar-refractivity contribution in [1.82, 2.24) is 10.2 Å². The Balaban J connectivity index is 1.48. The molecule has 0 aromatic heterocycles. The van der Waals surface area contributed by atoms with Gasteiger partial charge >= 0.3 is 0 Å². The normalized spacial score (nSPS) is 30.8. The highest BCUT2D eigenvalue weighted by molar-refractivity contribution is 6.31. The number of nitrogens with one attached hydrogen (secondary N) is 1. The van der Waals surface area contributed by atoms with E-state index < -0.39 is 0 Å². The lowest BCUT2D eigenvalue weighted by Gasteiger charge is -2.54. The van der Waals surface area contributed by atoms with E-state index in [1.807, 2.05) is 29.2 Å². The molecule has 2 saturated heterocycles. The molecular weight excluding hydrogens is 312 g/mol. The van der Waals surface area contributed by atoms with Crippen molar-refractivity contribution in [1.29, 1.82) is 0 Å². The number of hydrogen-bond acceptors (Lipinski definition) is 3. The smallest absolute Gasteiger partial charge is 0.226 e. The summed E-state index contributed by atoms with van der Waals surface area (Å²) in [6.45, 7) is 7.18. The molecule has 1 spiro atoms. The Morgan fingerprint density at radius 3 is 2.70 bits per heavy atom. The van der Waals surface area contributed by atoms with E-state index in [2.05, 4.69) is 19.2 Å². The van der Waals surface area contributed by atoms with Crippen molar-refractivity contribution in [3.63, 3.8) is 0 Å². The Morgan fingerprint density at radius 2 is 2.04 bits per heavy atom. The average molecular weight is 335 g/mol. The predicted molar refractivity (Wildman–Crippen MR) is 89.6 cm³/mol. The molecule has 5 heteroatoms. The molecule has 124 valence electrons. The fourth-order valence-electron chi connectivity index (χ4n) is 4.08. The van der Waals surface area contributed by atoms with Gasteiger partial charge < -0.3 is 15.0 Å². The Labute approximate surface area is 142 Å². The van der Waals surface area contributed by atoms with Crippen LogP contribution in [0.2, 0.25) is 5.02 Å². The van der Waals surface area contributed by atoms with Gasteiger partial charge in [-0.05, 0) is 37.8 Å². The van der Waals surface area contributed by atoms with E-state index in [1.54, 1.807) is 0 Å².